The number of carbonyl (C=O) groups excluding carboxylic acids is 1. The molecule has 1 aliphatic rings. The molecular formula is C15H16F2N4O. The number of aromatic amines is 1. The van der Waals surface area contributed by atoms with Gasteiger partial charge in [-0.2, -0.15) is 5.10 Å². The minimum absolute atomic E-state index is 0.127. The predicted octanol–water partition coefficient (Wildman–Crippen LogP) is 1.85. The van der Waals surface area contributed by atoms with Crippen molar-refractivity contribution in [3.63, 3.8) is 0 Å². The lowest BCUT2D eigenvalue weighted by Gasteiger charge is -2.34. The zero-order chi connectivity index (χ0) is 15.7. The smallest absolute Gasteiger partial charge is 0.241 e. The number of nitrogens with zero attached hydrogens (tertiary/aromatic N) is 3. The fraction of sp³-hybridized carbons (Fsp3) is 0.333. The normalized spacial score (nSPS) is 16.3. The number of benzene rings is 1. The third-order valence-corrected chi connectivity index (χ3v) is 3.64. The summed E-state index contributed by atoms with van der Waals surface area (Å²) in [5, 5.41) is 7.00. The van der Waals surface area contributed by atoms with Gasteiger partial charge < -0.3 is 4.90 Å². The maximum absolute atomic E-state index is 13.8. The van der Waals surface area contributed by atoms with Crippen LogP contribution in [0.2, 0.25) is 0 Å². The Morgan fingerprint density at radius 1 is 1.27 bits per heavy atom. The molecule has 0 atom stereocenters. The number of rotatable bonds is 3. The first-order valence-corrected chi connectivity index (χ1v) is 7.01. The van der Waals surface area contributed by atoms with E-state index >= 15 is 0 Å². The second kappa shape index (κ2) is 5.84. The monoisotopic (exact) mass is 306 g/mol. The first-order valence-electron chi connectivity index (χ1n) is 7.01. The summed E-state index contributed by atoms with van der Waals surface area (Å²) >= 11 is 0. The van der Waals surface area contributed by atoms with Crippen LogP contribution in [0.15, 0.2) is 24.3 Å². The first-order chi connectivity index (χ1) is 10.5. The Labute approximate surface area is 126 Å². The first kappa shape index (κ1) is 14.6. The number of hydrogen-bond donors (Lipinski definition) is 1. The molecule has 5 nitrogen and oxygen atoms in total. The van der Waals surface area contributed by atoms with E-state index < -0.39 is 11.6 Å². The Morgan fingerprint density at radius 3 is 2.73 bits per heavy atom. The van der Waals surface area contributed by atoms with Gasteiger partial charge in [0.1, 0.15) is 11.6 Å². The van der Waals surface area contributed by atoms with Crippen molar-refractivity contribution < 1.29 is 13.6 Å². The number of amides is 1. The number of carbonyl (C=O) groups is 1. The second-order valence-corrected chi connectivity index (χ2v) is 5.39. The van der Waals surface area contributed by atoms with Crippen LogP contribution in [0.3, 0.4) is 0 Å². The predicted molar refractivity (Wildman–Crippen MR) is 77.3 cm³/mol. The van der Waals surface area contributed by atoms with Gasteiger partial charge in [0.25, 0.3) is 0 Å². The summed E-state index contributed by atoms with van der Waals surface area (Å²) in [6, 6.07) is 5.18. The molecule has 0 unspecified atom stereocenters. The topological polar surface area (TPSA) is 52.2 Å². The number of aryl methyl sites for hydroxylation is 1. The number of piperazine rings is 1. The van der Waals surface area contributed by atoms with Crippen LogP contribution in [-0.4, -0.2) is 40.6 Å². The Balaban J connectivity index is 1.68. The van der Waals surface area contributed by atoms with Crippen LogP contribution in [0.4, 0.5) is 14.5 Å². The summed E-state index contributed by atoms with van der Waals surface area (Å²) in [7, 11) is 0. The van der Waals surface area contributed by atoms with Crippen LogP contribution in [0.1, 0.15) is 11.4 Å². The van der Waals surface area contributed by atoms with Gasteiger partial charge in [0.15, 0.2) is 0 Å². The third kappa shape index (κ3) is 2.99. The zero-order valence-electron chi connectivity index (χ0n) is 12.1. The number of aromatic nitrogens is 2. The highest BCUT2D eigenvalue weighted by Crippen LogP contribution is 2.22. The molecule has 0 spiro atoms. The summed E-state index contributed by atoms with van der Waals surface area (Å²) < 4.78 is 26.8. The van der Waals surface area contributed by atoms with Gasteiger partial charge in [0, 0.05) is 31.4 Å². The molecule has 1 amide bonds. The molecule has 1 aromatic heterocycles. The number of halogens is 2. The Bertz CT molecular complexity index is 701. The van der Waals surface area contributed by atoms with Crippen LogP contribution < -0.4 is 4.90 Å². The molecule has 0 radical (unpaired) electrons. The molecule has 1 aliphatic heterocycles. The van der Waals surface area contributed by atoms with Crippen LogP contribution in [0.25, 0.3) is 0 Å². The number of nitrogens with one attached hydrogen (secondary N) is 1. The van der Waals surface area contributed by atoms with Gasteiger partial charge in [0.05, 0.1) is 17.9 Å². The van der Waals surface area contributed by atoms with E-state index in [1.165, 1.54) is 11.0 Å². The number of H-pyrrole nitrogens is 1. The lowest BCUT2D eigenvalue weighted by Crippen LogP contribution is -2.50. The summed E-state index contributed by atoms with van der Waals surface area (Å²) in [6.45, 7) is 3.63. The van der Waals surface area contributed by atoms with Crippen LogP contribution in [-0.2, 0) is 11.3 Å². The standard InChI is InChI=1S/C15H16F2N4O/c1-10-6-12(19-18-10)8-20-4-5-21(15(22)9-20)14-3-2-11(16)7-13(14)17/h2-3,6-7H,4-5,8-9H2,1H3,(H,18,19). The Hall–Kier alpha value is -2.28. The van der Waals surface area contributed by atoms with E-state index in [9.17, 15) is 13.6 Å². The van der Waals surface area contributed by atoms with E-state index in [4.69, 9.17) is 0 Å². The van der Waals surface area contributed by atoms with Gasteiger partial charge in [-0.25, -0.2) is 8.78 Å². The maximum Gasteiger partial charge on any atom is 0.241 e. The lowest BCUT2D eigenvalue weighted by molar-refractivity contribution is -0.121. The van der Waals surface area contributed by atoms with Gasteiger partial charge in [-0.05, 0) is 25.1 Å². The van der Waals surface area contributed by atoms with E-state index in [-0.39, 0.29) is 18.1 Å². The summed E-state index contributed by atoms with van der Waals surface area (Å²) in [4.78, 5) is 15.5. The van der Waals surface area contributed by atoms with Crippen LogP contribution in [0, 0.1) is 18.6 Å². The van der Waals surface area contributed by atoms with E-state index in [1.807, 2.05) is 17.9 Å². The molecule has 2 aromatic rings. The second-order valence-electron chi connectivity index (χ2n) is 5.39. The van der Waals surface area contributed by atoms with Crippen molar-refractivity contribution in [2.75, 3.05) is 24.5 Å². The summed E-state index contributed by atoms with van der Waals surface area (Å²) in [5.74, 6) is -1.57. The zero-order valence-corrected chi connectivity index (χ0v) is 12.1. The highest BCUT2D eigenvalue weighted by atomic mass is 19.1. The molecular weight excluding hydrogens is 290 g/mol. The van der Waals surface area contributed by atoms with E-state index in [2.05, 4.69) is 10.2 Å². The molecule has 0 bridgehead atoms. The number of anilines is 1. The van der Waals surface area contributed by atoms with Crippen molar-refractivity contribution in [3.8, 4) is 0 Å². The fourth-order valence-electron chi connectivity index (χ4n) is 2.60. The fourth-order valence-corrected chi connectivity index (χ4v) is 2.60. The average molecular weight is 306 g/mol. The van der Waals surface area contributed by atoms with Gasteiger partial charge in [-0.15, -0.1) is 0 Å². The molecule has 1 aromatic carbocycles. The summed E-state index contributed by atoms with van der Waals surface area (Å²) in [6.07, 6.45) is 0. The molecule has 7 heteroatoms. The Kier molecular flexibility index (Phi) is 3.89. The van der Waals surface area contributed by atoms with E-state index in [0.29, 0.717) is 19.6 Å². The molecule has 22 heavy (non-hydrogen) atoms. The van der Waals surface area contributed by atoms with Crippen molar-refractivity contribution >= 4 is 11.6 Å². The van der Waals surface area contributed by atoms with Crippen molar-refractivity contribution in [3.05, 3.63) is 47.3 Å². The Morgan fingerprint density at radius 2 is 2.09 bits per heavy atom. The molecule has 1 saturated heterocycles. The highest BCUT2D eigenvalue weighted by molar-refractivity contribution is 5.95. The molecule has 0 saturated carbocycles. The van der Waals surface area contributed by atoms with Crippen LogP contribution >= 0.6 is 0 Å². The van der Waals surface area contributed by atoms with E-state index in [0.717, 1.165) is 23.5 Å². The average Bonchev–Trinajstić information content (AvgIpc) is 2.85. The third-order valence-electron chi connectivity index (χ3n) is 3.64. The molecule has 116 valence electrons. The van der Waals surface area contributed by atoms with Crippen LogP contribution in [0.5, 0.6) is 0 Å². The molecule has 0 aliphatic carbocycles. The number of hydrogen-bond acceptors (Lipinski definition) is 3. The van der Waals surface area contributed by atoms with Gasteiger partial charge >= 0.3 is 0 Å². The molecule has 1 N–H and O–H groups in total. The van der Waals surface area contributed by atoms with Crippen molar-refractivity contribution in [2.45, 2.75) is 13.5 Å². The van der Waals surface area contributed by atoms with Crippen molar-refractivity contribution in [1.29, 1.82) is 0 Å². The largest absolute Gasteiger partial charge is 0.307 e. The minimum atomic E-state index is -0.718. The molecule has 2 heterocycles. The molecule has 3 rings (SSSR count). The quantitative estimate of drug-likeness (QED) is 0.941. The molecule has 1 fully saturated rings. The highest BCUT2D eigenvalue weighted by Gasteiger charge is 2.27. The lowest BCUT2D eigenvalue weighted by atomic mass is 10.2. The van der Waals surface area contributed by atoms with Gasteiger partial charge in [0.2, 0.25) is 5.91 Å². The minimum Gasteiger partial charge on any atom is -0.307 e. The summed E-state index contributed by atoms with van der Waals surface area (Å²) in [5.41, 5.74) is 1.96. The van der Waals surface area contributed by atoms with Crippen molar-refractivity contribution in [1.82, 2.24) is 15.1 Å². The van der Waals surface area contributed by atoms with E-state index in [1.54, 1.807) is 0 Å². The maximum atomic E-state index is 13.8. The van der Waals surface area contributed by atoms with Crippen molar-refractivity contribution in [2.24, 2.45) is 0 Å². The SMILES string of the molecule is Cc1cc(CN2CCN(c3ccc(F)cc3F)C(=O)C2)n[nH]1. The van der Waals surface area contributed by atoms with Gasteiger partial charge in [-0.3, -0.25) is 14.8 Å². The van der Waals surface area contributed by atoms with Gasteiger partial charge in [-0.1, -0.05) is 0 Å².